The Labute approximate surface area is 56.1 Å². The van der Waals surface area contributed by atoms with Crippen LogP contribution < -0.4 is 0 Å². The van der Waals surface area contributed by atoms with E-state index in [4.69, 9.17) is 5.11 Å². The average molecular weight is 143 g/mol. The van der Waals surface area contributed by atoms with Gasteiger partial charge in [-0.2, -0.15) is 4.37 Å². The average Bonchev–Trinajstić information content (AvgIpc) is 2.14. The third kappa shape index (κ3) is 1.26. The summed E-state index contributed by atoms with van der Waals surface area (Å²) >= 11 is 1.01. The summed E-state index contributed by atoms with van der Waals surface area (Å²) in [6.07, 6.45) is 0. The lowest BCUT2D eigenvalue weighted by Crippen LogP contribution is -1.89. The van der Waals surface area contributed by atoms with Crippen molar-refractivity contribution in [1.29, 1.82) is 0 Å². The van der Waals surface area contributed by atoms with Crippen LogP contribution in [0.4, 0.5) is 0 Å². The lowest BCUT2D eigenvalue weighted by Gasteiger charge is -1.77. The van der Waals surface area contributed by atoms with Crippen molar-refractivity contribution >= 4 is 17.5 Å². The molecule has 0 aliphatic heterocycles. The van der Waals surface area contributed by atoms with E-state index in [0.29, 0.717) is 4.88 Å². The van der Waals surface area contributed by atoms with Crippen LogP contribution in [0.3, 0.4) is 0 Å². The van der Waals surface area contributed by atoms with E-state index < -0.39 is 5.97 Å². The van der Waals surface area contributed by atoms with Gasteiger partial charge in [0, 0.05) is 0 Å². The van der Waals surface area contributed by atoms with Gasteiger partial charge >= 0.3 is 5.97 Å². The minimum absolute atomic E-state index is 0.299. The predicted octanol–water partition coefficient (Wildman–Crippen LogP) is 1.15. The standard InChI is InChI=1S/C5H5NO2S/c1-3-2-4(5(7)8)9-6-3/h2H,1H3,(H,7,8). The second-order valence-corrected chi connectivity index (χ2v) is 2.44. The normalized spacial score (nSPS) is 9.44. The van der Waals surface area contributed by atoms with Crippen molar-refractivity contribution in [2.45, 2.75) is 6.92 Å². The second-order valence-electron chi connectivity index (χ2n) is 1.64. The quantitative estimate of drug-likeness (QED) is 0.641. The molecule has 0 aliphatic rings. The Hall–Kier alpha value is -0.900. The van der Waals surface area contributed by atoms with Gasteiger partial charge in [0.2, 0.25) is 0 Å². The molecule has 1 aromatic heterocycles. The first-order chi connectivity index (χ1) is 4.20. The molecule has 1 N–H and O–H groups in total. The number of hydrogen-bond donors (Lipinski definition) is 1. The van der Waals surface area contributed by atoms with Gasteiger partial charge in [-0.15, -0.1) is 0 Å². The Morgan fingerprint density at radius 1 is 1.89 bits per heavy atom. The Morgan fingerprint density at radius 3 is 2.78 bits per heavy atom. The monoisotopic (exact) mass is 143 g/mol. The molecule has 0 unspecified atom stereocenters. The van der Waals surface area contributed by atoms with Gasteiger partial charge in [0.05, 0.1) is 5.69 Å². The topological polar surface area (TPSA) is 50.2 Å². The highest BCUT2D eigenvalue weighted by Gasteiger charge is 2.04. The summed E-state index contributed by atoms with van der Waals surface area (Å²) in [6, 6.07) is 1.55. The fourth-order valence-electron chi connectivity index (χ4n) is 0.464. The summed E-state index contributed by atoms with van der Waals surface area (Å²) < 4.78 is 3.80. The van der Waals surface area contributed by atoms with E-state index in [1.807, 2.05) is 0 Å². The molecule has 4 heteroatoms. The van der Waals surface area contributed by atoms with Crippen molar-refractivity contribution in [3.8, 4) is 0 Å². The number of aromatic carboxylic acids is 1. The van der Waals surface area contributed by atoms with Crippen LogP contribution in [-0.4, -0.2) is 15.4 Å². The Morgan fingerprint density at radius 2 is 2.56 bits per heavy atom. The molecule has 0 saturated heterocycles. The summed E-state index contributed by atoms with van der Waals surface area (Å²) in [7, 11) is 0. The predicted molar refractivity (Wildman–Crippen MR) is 33.8 cm³/mol. The maximum Gasteiger partial charge on any atom is 0.347 e. The highest BCUT2D eigenvalue weighted by Crippen LogP contribution is 2.07. The minimum atomic E-state index is -0.902. The SMILES string of the molecule is Cc1cc(C(=O)O)sn1. The summed E-state index contributed by atoms with van der Waals surface area (Å²) in [5, 5.41) is 8.37. The molecule has 0 atom stereocenters. The van der Waals surface area contributed by atoms with Gasteiger partial charge in [0.25, 0.3) is 0 Å². The fourth-order valence-corrected chi connectivity index (χ4v) is 1.06. The van der Waals surface area contributed by atoms with E-state index in [-0.39, 0.29) is 0 Å². The van der Waals surface area contributed by atoms with Gasteiger partial charge in [0.15, 0.2) is 0 Å². The summed E-state index contributed by atoms with van der Waals surface area (Å²) in [6.45, 7) is 1.77. The molecule has 0 radical (unpaired) electrons. The molecule has 3 nitrogen and oxygen atoms in total. The maximum absolute atomic E-state index is 10.2. The number of hydrogen-bond acceptors (Lipinski definition) is 3. The van der Waals surface area contributed by atoms with Crippen LogP contribution in [0.25, 0.3) is 0 Å². The second kappa shape index (κ2) is 2.14. The van der Waals surface area contributed by atoms with E-state index in [2.05, 4.69) is 4.37 Å². The molecule has 0 amide bonds. The fraction of sp³-hybridized carbons (Fsp3) is 0.200. The molecule has 0 bridgehead atoms. The van der Waals surface area contributed by atoms with Crippen molar-refractivity contribution in [3.05, 3.63) is 16.6 Å². The van der Waals surface area contributed by atoms with Crippen LogP contribution >= 0.6 is 11.5 Å². The van der Waals surface area contributed by atoms with Gasteiger partial charge in [-0.1, -0.05) is 0 Å². The minimum Gasteiger partial charge on any atom is -0.477 e. The van der Waals surface area contributed by atoms with Crippen molar-refractivity contribution < 1.29 is 9.90 Å². The third-order valence-corrected chi connectivity index (χ3v) is 1.71. The molecular formula is C5H5NO2S. The zero-order valence-electron chi connectivity index (χ0n) is 4.79. The van der Waals surface area contributed by atoms with Crippen LogP contribution in [0.5, 0.6) is 0 Å². The Kier molecular flexibility index (Phi) is 1.48. The lowest BCUT2D eigenvalue weighted by atomic mass is 10.4. The molecular weight excluding hydrogens is 138 g/mol. The molecule has 0 aromatic carbocycles. The summed E-state index contributed by atoms with van der Waals surface area (Å²) in [5.41, 5.74) is 0.761. The maximum atomic E-state index is 10.2. The Balaban J connectivity index is 2.98. The van der Waals surface area contributed by atoms with Crippen molar-refractivity contribution in [2.75, 3.05) is 0 Å². The first kappa shape index (κ1) is 6.22. The van der Waals surface area contributed by atoms with E-state index in [1.54, 1.807) is 13.0 Å². The number of rotatable bonds is 1. The largest absolute Gasteiger partial charge is 0.477 e. The highest BCUT2D eigenvalue weighted by molar-refractivity contribution is 7.08. The van der Waals surface area contributed by atoms with E-state index in [9.17, 15) is 4.79 Å². The van der Waals surface area contributed by atoms with Crippen molar-refractivity contribution in [1.82, 2.24) is 4.37 Å². The van der Waals surface area contributed by atoms with Crippen LogP contribution in [0, 0.1) is 6.92 Å². The number of carboxylic acids is 1. The number of aryl methyl sites for hydroxylation is 1. The van der Waals surface area contributed by atoms with Crippen molar-refractivity contribution in [2.24, 2.45) is 0 Å². The number of carbonyl (C=O) groups is 1. The van der Waals surface area contributed by atoms with Gasteiger partial charge in [-0.05, 0) is 24.5 Å². The molecule has 0 fully saturated rings. The highest BCUT2D eigenvalue weighted by atomic mass is 32.1. The van der Waals surface area contributed by atoms with Gasteiger partial charge in [0.1, 0.15) is 4.88 Å². The van der Waals surface area contributed by atoms with Gasteiger partial charge in [-0.25, -0.2) is 4.79 Å². The zero-order valence-corrected chi connectivity index (χ0v) is 5.60. The van der Waals surface area contributed by atoms with Gasteiger partial charge in [-0.3, -0.25) is 0 Å². The molecule has 0 spiro atoms. The van der Waals surface area contributed by atoms with E-state index in [1.165, 1.54) is 0 Å². The summed E-state index contributed by atoms with van der Waals surface area (Å²) in [4.78, 5) is 10.5. The molecule has 48 valence electrons. The number of carboxylic acid groups (broad SMARTS) is 1. The molecule has 1 rings (SSSR count). The molecule has 0 saturated carbocycles. The van der Waals surface area contributed by atoms with Crippen molar-refractivity contribution in [3.63, 3.8) is 0 Å². The van der Waals surface area contributed by atoms with Gasteiger partial charge < -0.3 is 5.11 Å². The van der Waals surface area contributed by atoms with E-state index >= 15 is 0 Å². The first-order valence-electron chi connectivity index (χ1n) is 2.37. The van der Waals surface area contributed by atoms with Crippen LogP contribution in [0.2, 0.25) is 0 Å². The Bertz CT molecular complexity index is 231. The zero-order chi connectivity index (χ0) is 6.85. The van der Waals surface area contributed by atoms with Crippen LogP contribution in [0.1, 0.15) is 15.4 Å². The lowest BCUT2D eigenvalue weighted by molar-refractivity contribution is 0.0702. The van der Waals surface area contributed by atoms with Crippen LogP contribution in [0.15, 0.2) is 6.07 Å². The van der Waals surface area contributed by atoms with Crippen LogP contribution in [-0.2, 0) is 0 Å². The third-order valence-electron chi connectivity index (χ3n) is 0.839. The summed E-state index contributed by atoms with van der Waals surface area (Å²) in [5.74, 6) is -0.902. The molecule has 1 heterocycles. The molecule has 1 aromatic rings. The number of nitrogens with zero attached hydrogens (tertiary/aromatic N) is 1. The van der Waals surface area contributed by atoms with E-state index in [0.717, 1.165) is 17.2 Å². The number of aromatic nitrogens is 1. The molecule has 9 heavy (non-hydrogen) atoms. The molecule has 0 aliphatic carbocycles. The first-order valence-corrected chi connectivity index (χ1v) is 3.14. The smallest absolute Gasteiger partial charge is 0.347 e.